The maximum absolute atomic E-state index is 13.4. The first-order valence-corrected chi connectivity index (χ1v) is 10.3. The lowest BCUT2D eigenvalue weighted by Crippen LogP contribution is -2.47. The second-order valence-corrected chi connectivity index (χ2v) is 8.05. The topological polar surface area (TPSA) is 56.8 Å². The molecule has 29 heavy (non-hydrogen) atoms. The van der Waals surface area contributed by atoms with Crippen molar-refractivity contribution in [1.29, 1.82) is 0 Å². The number of hydrogen-bond acceptors (Lipinski definition) is 4. The molecule has 2 aromatic heterocycles. The van der Waals surface area contributed by atoms with Crippen LogP contribution in [0, 0.1) is 13.8 Å². The van der Waals surface area contributed by atoms with Crippen molar-refractivity contribution < 1.29 is 18.7 Å². The van der Waals surface area contributed by atoms with E-state index >= 15 is 0 Å². The van der Waals surface area contributed by atoms with Gasteiger partial charge in [0.25, 0.3) is 5.91 Å². The van der Waals surface area contributed by atoms with Gasteiger partial charge >= 0.3 is 0 Å². The molecule has 6 nitrogen and oxygen atoms in total. The molecule has 0 radical (unpaired) electrons. The zero-order valence-electron chi connectivity index (χ0n) is 16.9. The normalized spacial score (nSPS) is 18.8. The molecule has 2 aliphatic rings. The fraction of sp³-hybridized carbons (Fsp3) is 0.435. The highest BCUT2D eigenvalue weighted by Crippen LogP contribution is 2.33. The van der Waals surface area contributed by atoms with Gasteiger partial charge < -0.3 is 23.4 Å². The molecule has 2 fully saturated rings. The van der Waals surface area contributed by atoms with Gasteiger partial charge in [-0.2, -0.15) is 0 Å². The number of furan rings is 1. The number of likely N-dealkylation sites (tertiary alicyclic amines) is 1. The Labute approximate surface area is 170 Å². The van der Waals surface area contributed by atoms with Crippen LogP contribution < -0.4 is 0 Å². The molecule has 3 aromatic rings. The summed E-state index contributed by atoms with van der Waals surface area (Å²) < 4.78 is 19.5. The molecule has 0 saturated carbocycles. The minimum Gasteiger partial charge on any atom is -0.460 e. The Kier molecular flexibility index (Phi) is 4.48. The zero-order chi connectivity index (χ0) is 20.0. The Morgan fingerprint density at radius 3 is 2.52 bits per heavy atom. The summed E-state index contributed by atoms with van der Waals surface area (Å²) in [6.07, 6.45) is 1.43. The largest absolute Gasteiger partial charge is 0.460 e. The van der Waals surface area contributed by atoms with E-state index in [4.69, 9.17) is 13.9 Å². The number of piperidine rings is 1. The predicted octanol–water partition coefficient (Wildman–Crippen LogP) is 3.88. The number of rotatable bonds is 3. The van der Waals surface area contributed by atoms with Crippen LogP contribution in [-0.2, 0) is 16.0 Å². The summed E-state index contributed by atoms with van der Waals surface area (Å²) in [6.45, 7) is 7.23. The number of benzene rings is 1. The summed E-state index contributed by atoms with van der Waals surface area (Å²) in [5.41, 5.74) is 4.80. The van der Waals surface area contributed by atoms with Gasteiger partial charge in [0.2, 0.25) is 0 Å². The van der Waals surface area contributed by atoms with Crippen LogP contribution in [0.2, 0.25) is 0 Å². The van der Waals surface area contributed by atoms with Crippen molar-refractivity contribution in [3.8, 4) is 0 Å². The summed E-state index contributed by atoms with van der Waals surface area (Å²) in [5, 5.41) is 0. The Morgan fingerprint density at radius 2 is 1.79 bits per heavy atom. The van der Waals surface area contributed by atoms with E-state index in [-0.39, 0.29) is 5.91 Å². The van der Waals surface area contributed by atoms with E-state index in [1.165, 1.54) is 11.1 Å². The monoisotopic (exact) mass is 394 g/mol. The number of carbonyl (C=O) groups excluding carboxylic acids is 1. The van der Waals surface area contributed by atoms with E-state index in [1.807, 2.05) is 36.1 Å². The standard InChI is InChI=1S/C23H26N2O4/c1-16-5-3-4-6-18(16)15-25-19-13-17(2)29-21(19)14-20(25)22(26)24-9-7-23(8-10-24)27-11-12-28-23/h3-6,13-14H,7-12,15H2,1-2H3. The second-order valence-electron chi connectivity index (χ2n) is 8.05. The lowest BCUT2D eigenvalue weighted by molar-refractivity contribution is -0.181. The summed E-state index contributed by atoms with van der Waals surface area (Å²) in [5.74, 6) is 0.406. The quantitative estimate of drug-likeness (QED) is 0.677. The van der Waals surface area contributed by atoms with Gasteiger partial charge in [0.05, 0.1) is 18.7 Å². The number of carbonyl (C=O) groups is 1. The van der Waals surface area contributed by atoms with Crippen LogP contribution in [-0.4, -0.2) is 47.5 Å². The van der Waals surface area contributed by atoms with Crippen LogP contribution in [0.25, 0.3) is 11.1 Å². The first-order valence-electron chi connectivity index (χ1n) is 10.3. The average molecular weight is 394 g/mol. The van der Waals surface area contributed by atoms with Crippen molar-refractivity contribution in [2.45, 2.75) is 39.0 Å². The first-order chi connectivity index (χ1) is 14.0. The minimum absolute atomic E-state index is 0.0375. The summed E-state index contributed by atoms with van der Waals surface area (Å²) in [4.78, 5) is 15.3. The number of aryl methyl sites for hydroxylation is 2. The third-order valence-electron chi connectivity index (χ3n) is 6.15. The third kappa shape index (κ3) is 3.26. The summed E-state index contributed by atoms with van der Waals surface area (Å²) >= 11 is 0. The van der Waals surface area contributed by atoms with Gasteiger partial charge in [-0.05, 0) is 25.0 Å². The maximum Gasteiger partial charge on any atom is 0.270 e. The number of aromatic nitrogens is 1. The highest BCUT2D eigenvalue weighted by Gasteiger charge is 2.41. The third-order valence-corrected chi connectivity index (χ3v) is 6.15. The molecule has 0 N–H and O–H groups in total. The van der Waals surface area contributed by atoms with E-state index in [0.717, 1.165) is 16.9 Å². The van der Waals surface area contributed by atoms with Gasteiger partial charge in [-0.25, -0.2) is 0 Å². The van der Waals surface area contributed by atoms with Crippen molar-refractivity contribution in [1.82, 2.24) is 9.47 Å². The van der Waals surface area contributed by atoms with E-state index in [1.54, 1.807) is 0 Å². The van der Waals surface area contributed by atoms with Gasteiger partial charge in [-0.1, -0.05) is 24.3 Å². The predicted molar refractivity (Wildman–Crippen MR) is 109 cm³/mol. The van der Waals surface area contributed by atoms with Crippen LogP contribution in [0.3, 0.4) is 0 Å². The smallest absolute Gasteiger partial charge is 0.270 e. The Bertz CT molecular complexity index is 1050. The molecular formula is C23H26N2O4. The Morgan fingerprint density at radius 1 is 1.07 bits per heavy atom. The van der Waals surface area contributed by atoms with Crippen molar-refractivity contribution in [2.75, 3.05) is 26.3 Å². The Balaban J connectivity index is 1.45. The van der Waals surface area contributed by atoms with Crippen LogP contribution >= 0.6 is 0 Å². The summed E-state index contributed by atoms with van der Waals surface area (Å²) in [7, 11) is 0. The van der Waals surface area contributed by atoms with E-state index in [9.17, 15) is 4.79 Å². The fourth-order valence-corrected chi connectivity index (χ4v) is 4.47. The molecule has 0 unspecified atom stereocenters. The molecule has 152 valence electrons. The summed E-state index contributed by atoms with van der Waals surface area (Å²) in [6, 6.07) is 12.2. The van der Waals surface area contributed by atoms with Gasteiger partial charge in [0, 0.05) is 44.6 Å². The highest BCUT2D eigenvalue weighted by atomic mass is 16.7. The number of nitrogens with zero attached hydrogens (tertiary/aromatic N) is 2. The van der Waals surface area contributed by atoms with Crippen molar-refractivity contribution in [3.63, 3.8) is 0 Å². The number of hydrogen-bond donors (Lipinski definition) is 0. The van der Waals surface area contributed by atoms with Gasteiger partial charge in [-0.15, -0.1) is 0 Å². The lowest BCUT2D eigenvalue weighted by atomic mass is 10.0. The molecule has 1 aromatic carbocycles. The van der Waals surface area contributed by atoms with E-state index < -0.39 is 5.79 Å². The first kappa shape index (κ1) is 18.5. The van der Waals surface area contributed by atoms with Gasteiger partial charge in [0.1, 0.15) is 11.5 Å². The van der Waals surface area contributed by atoms with Crippen molar-refractivity contribution in [3.05, 3.63) is 59.0 Å². The molecular weight excluding hydrogens is 368 g/mol. The van der Waals surface area contributed by atoms with E-state index in [2.05, 4.69) is 23.6 Å². The highest BCUT2D eigenvalue weighted by molar-refractivity contribution is 5.97. The van der Waals surface area contributed by atoms with Crippen molar-refractivity contribution in [2.24, 2.45) is 0 Å². The zero-order valence-corrected chi connectivity index (χ0v) is 16.9. The van der Waals surface area contributed by atoms with Crippen LogP contribution in [0.5, 0.6) is 0 Å². The molecule has 0 aliphatic carbocycles. The van der Waals surface area contributed by atoms with Crippen LogP contribution in [0.1, 0.15) is 40.2 Å². The lowest BCUT2D eigenvalue weighted by Gasteiger charge is -2.37. The molecule has 1 amide bonds. The maximum atomic E-state index is 13.4. The van der Waals surface area contributed by atoms with Crippen LogP contribution in [0.4, 0.5) is 0 Å². The SMILES string of the molecule is Cc1cc2c(cc(C(=O)N3CCC4(CC3)OCCO4)n2Cc2ccccc2C)o1. The average Bonchev–Trinajstić information content (AvgIpc) is 3.40. The molecule has 4 heterocycles. The molecule has 1 spiro atoms. The molecule has 5 rings (SSSR count). The number of amides is 1. The minimum atomic E-state index is -0.482. The van der Waals surface area contributed by atoms with Crippen LogP contribution in [0.15, 0.2) is 40.8 Å². The number of ether oxygens (including phenoxy) is 2. The fourth-order valence-electron chi connectivity index (χ4n) is 4.47. The van der Waals surface area contributed by atoms with E-state index in [0.29, 0.717) is 51.4 Å². The molecule has 2 aliphatic heterocycles. The molecule has 2 saturated heterocycles. The van der Waals surface area contributed by atoms with Gasteiger partial charge in [-0.3, -0.25) is 4.79 Å². The number of fused-ring (bicyclic) bond motifs is 1. The molecule has 6 heteroatoms. The van der Waals surface area contributed by atoms with Crippen molar-refractivity contribution >= 4 is 17.0 Å². The Hall–Kier alpha value is -2.57. The molecule has 0 bridgehead atoms. The second kappa shape index (κ2) is 7.04. The van der Waals surface area contributed by atoms with Gasteiger partial charge in [0.15, 0.2) is 11.4 Å². The molecule has 0 atom stereocenters.